The normalized spacial score (nSPS) is 11.6. The maximum atomic E-state index is 12.8. The molecule has 4 rings (SSSR count). The minimum atomic E-state index is -0.495. The van der Waals surface area contributed by atoms with Crippen LogP contribution in [0.1, 0.15) is 12.5 Å². The summed E-state index contributed by atoms with van der Waals surface area (Å²) in [6.45, 7) is 1.29. The zero-order chi connectivity index (χ0) is 21.3. The molecule has 0 aliphatic carbocycles. The van der Waals surface area contributed by atoms with E-state index < -0.39 is 5.97 Å². The van der Waals surface area contributed by atoms with Crippen LogP contribution in [0.15, 0.2) is 47.3 Å². The van der Waals surface area contributed by atoms with Crippen LogP contribution in [0.2, 0.25) is 0 Å². The molecule has 4 aromatic rings. The molecule has 2 aromatic carbocycles. The second-order valence-electron chi connectivity index (χ2n) is 6.26. The Kier molecular flexibility index (Phi) is 5.20. The fraction of sp³-hybridized carbons (Fsp3) is 0.143. The monoisotopic (exact) mass is 423 g/mol. The number of benzene rings is 2. The third-order valence-corrected chi connectivity index (χ3v) is 5.20. The molecule has 152 valence electrons. The van der Waals surface area contributed by atoms with Gasteiger partial charge in [-0.25, -0.2) is 0 Å². The number of rotatable bonds is 5. The Morgan fingerprint density at radius 2 is 1.77 bits per heavy atom. The number of carbonyl (C=O) groups excluding carboxylic acids is 1. The van der Waals surface area contributed by atoms with Crippen molar-refractivity contribution in [3.8, 4) is 28.6 Å². The van der Waals surface area contributed by atoms with E-state index in [1.54, 1.807) is 18.2 Å². The Hall–Kier alpha value is -3.72. The third-order valence-electron chi connectivity index (χ3n) is 4.24. The van der Waals surface area contributed by atoms with E-state index in [1.165, 1.54) is 37.0 Å². The number of hydrogen-bond acceptors (Lipinski definition) is 8. The Balaban J connectivity index is 1.79. The van der Waals surface area contributed by atoms with Gasteiger partial charge < -0.3 is 14.2 Å². The lowest BCUT2D eigenvalue weighted by Gasteiger charge is -2.13. The molecule has 8 nitrogen and oxygen atoms in total. The van der Waals surface area contributed by atoms with Crippen molar-refractivity contribution in [1.82, 2.24) is 14.6 Å². The number of nitrogens with zero attached hydrogens (tertiary/aromatic N) is 3. The molecule has 0 spiro atoms. The van der Waals surface area contributed by atoms with E-state index in [0.29, 0.717) is 32.4 Å². The predicted molar refractivity (Wildman–Crippen MR) is 112 cm³/mol. The Bertz CT molecular complexity index is 1320. The molecule has 0 aliphatic heterocycles. The van der Waals surface area contributed by atoms with E-state index in [1.807, 2.05) is 30.3 Å². The van der Waals surface area contributed by atoms with Gasteiger partial charge in [0.05, 0.1) is 18.8 Å². The summed E-state index contributed by atoms with van der Waals surface area (Å²) in [6, 6.07) is 12.8. The van der Waals surface area contributed by atoms with E-state index in [2.05, 4.69) is 10.1 Å². The third kappa shape index (κ3) is 3.62. The van der Waals surface area contributed by atoms with Gasteiger partial charge in [0.1, 0.15) is 0 Å². The SMILES string of the molecule is COc1cc(/C=c2\sc3nc(-c4ccccc4)nn3c2=O)cc(OC)c1OC(C)=O. The predicted octanol–water partition coefficient (Wildman–Crippen LogP) is 2.31. The second kappa shape index (κ2) is 7.96. The van der Waals surface area contributed by atoms with Gasteiger partial charge in [0.25, 0.3) is 5.56 Å². The molecule has 9 heteroatoms. The molecule has 2 aromatic heterocycles. The number of aromatic nitrogens is 3. The number of methoxy groups -OCH3 is 2. The maximum Gasteiger partial charge on any atom is 0.308 e. The molecule has 0 unspecified atom stereocenters. The van der Waals surface area contributed by atoms with Gasteiger partial charge >= 0.3 is 5.97 Å². The topological polar surface area (TPSA) is 92.0 Å². The van der Waals surface area contributed by atoms with Crippen LogP contribution in [0.4, 0.5) is 0 Å². The van der Waals surface area contributed by atoms with Crippen LogP contribution in [0.5, 0.6) is 17.2 Å². The lowest BCUT2D eigenvalue weighted by atomic mass is 10.1. The van der Waals surface area contributed by atoms with Crippen LogP contribution >= 0.6 is 11.3 Å². The molecule has 0 amide bonds. The van der Waals surface area contributed by atoms with Gasteiger partial charge in [-0.2, -0.15) is 9.50 Å². The Morgan fingerprint density at radius 1 is 1.10 bits per heavy atom. The standard InChI is InChI=1S/C21H17N3O5S/c1-12(25)29-18-15(27-2)9-13(10-16(18)28-3)11-17-20(26)24-21(30-17)22-19(23-24)14-7-5-4-6-8-14/h4-11H,1-3H3/b17-11-. The first-order chi connectivity index (χ1) is 14.5. The van der Waals surface area contributed by atoms with E-state index in [-0.39, 0.29) is 11.3 Å². The van der Waals surface area contributed by atoms with E-state index in [9.17, 15) is 9.59 Å². The van der Waals surface area contributed by atoms with Gasteiger partial charge in [-0.1, -0.05) is 41.7 Å². The highest BCUT2D eigenvalue weighted by molar-refractivity contribution is 7.15. The first-order valence-corrected chi connectivity index (χ1v) is 9.73. The van der Waals surface area contributed by atoms with Gasteiger partial charge in [0.2, 0.25) is 10.7 Å². The van der Waals surface area contributed by atoms with Crippen LogP contribution in [0.3, 0.4) is 0 Å². The average Bonchev–Trinajstić information content (AvgIpc) is 3.28. The summed E-state index contributed by atoms with van der Waals surface area (Å²) < 4.78 is 17.6. The highest BCUT2D eigenvalue weighted by atomic mass is 32.1. The number of ether oxygens (including phenoxy) is 3. The molecular formula is C21H17N3O5S. The molecule has 2 heterocycles. The molecule has 0 radical (unpaired) electrons. The molecule has 0 aliphatic rings. The lowest BCUT2D eigenvalue weighted by Crippen LogP contribution is -2.23. The molecular weight excluding hydrogens is 406 g/mol. The van der Waals surface area contributed by atoms with Crippen molar-refractivity contribution in [2.24, 2.45) is 0 Å². The van der Waals surface area contributed by atoms with Crippen LogP contribution in [-0.4, -0.2) is 34.8 Å². The van der Waals surface area contributed by atoms with Crippen molar-refractivity contribution in [3.63, 3.8) is 0 Å². The summed E-state index contributed by atoms with van der Waals surface area (Å²) in [5.74, 6) is 0.815. The van der Waals surface area contributed by atoms with Crippen molar-refractivity contribution in [3.05, 3.63) is 62.9 Å². The summed E-state index contributed by atoms with van der Waals surface area (Å²) in [5, 5.41) is 4.34. The Labute approximate surface area is 175 Å². The minimum Gasteiger partial charge on any atom is -0.493 e. The summed E-state index contributed by atoms with van der Waals surface area (Å²) in [4.78, 5) is 29.1. The van der Waals surface area contributed by atoms with E-state index in [0.717, 1.165) is 5.56 Å². The van der Waals surface area contributed by atoms with Gasteiger partial charge in [-0.15, -0.1) is 5.10 Å². The number of thiazole rings is 1. The van der Waals surface area contributed by atoms with Gasteiger partial charge in [-0.05, 0) is 23.8 Å². The van der Waals surface area contributed by atoms with E-state index >= 15 is 0 Å². The Morgan fingerprint density at radius 3 is 2.33 bits per heavy atom. The molecule has 0 saturated heterocycles. The van der Waals surface area contributed by atoms with Crippen LogP contribution in [0, 0.1) is 0 Å². The van der Waals surface area contributed by atoms with Crippen molar-refractivity contribution < 1.29 is 19.0 Å². The van der Waals surface area contributed by atoms with Crippen LogP contribution in [0.25, 0.3) is 22.4 Å². The lowest BCUT2D eigenvalue weighted by molar-refractivity contribution is -0.132. The molecule has 0 fully saturated rings. The molecule has 0 saturated carbocycles. The second-order valence-corrected chi connectivity index (χ2v) is 7.27. The quantitative estimate of drug-likeness (QED) is 0.359. The number of fused-ring (bicyclic) bond motifs is 1. The summed E-state index contributed by atoms with van der Waals surface area (Å²) >= 11 is 1.23. The minimum absolute atomic E-state index is 0.183. The number of carbonyl (C=O) groups is 1. The smallest absolute Gasteiger partial charge is 0.308 e. The zero-order valence-electron chi connectivity index (χ0n) is 16.4. The summed E-state index contributed by atoms with van der Waals surface area (Å²) in [6.07, 6.45) is 1.69. The molecule has 30 heavy (non-hydrogen) atoms. The summed E-state index contributed by atoms with van der Waals surface area (Å²) in [5.41, 5.74) is 1.21. The number of hydrogen-bond donors (Lipinski definition) is 0. The maximum absolute atomic E-state index is 12.8. The fourth-order valence-electron chi connectivity index (χ4n) is 2.92. The van der Waals surface area contributed by atoms with Crippen molar-refractivity contribution in [2.45, 2.75) is 6.92 Å². The fourth-order valence-corrected chi connectivity index (χ4v) is 3.83. The van der Waals surface area contributed by atoms with Gasteiger partial charge in [0.15, 0.2) is 17.3 Å². The average molecular weight is 423 g/mol. The molecule has 0 bridgehead atoms. The van der Waals surface area contributed by atoms with E-state index in [4.69, 9.17) is 14.2 Å². The zero-order valence-corrected chi connectivity index (χ0v) is 17.2. The van der Waals surface area contributed by atoms with Crippen LogP contribution < -0.4 is 24.3 Å². The molecule has 0 N–H and O–H groups in total. The largest absolute Gasteiger partial charge is 0.493 e. The molecule has 0 atom stereocenters. The highest BCUT2D eigenvalue weighted by Crippen LogP contribution is 2.38. The number of esters is 1. The van der Waals surface area contributed by atoms with Crippen LogP contribution in [-0.2, 0) is 4.79 Å². The van der Waals surface area contributed by atoms with Gasteiger partial charge in [0, 0.05) is 12.5 Å². The van der Waals surface area contributed by atoms with Gasteiger partial charge in [-0.3, -0.25) is 9.59 Å². The first-order valence-electron chi connectivity index (χ1n) is 8.91. The first kappa shape index (κ1) is 19.6. The summed E-state index contributed by atoms with van der Waals surface area (Å²) in [7, 11) is 2.91. The van der Waals surface area contributed by atoms with Crippen molar-refractivity contribution >= 4 is 28.3 Å². The van der Waals surface area contributed by atoms with Crippen molar-refractivity contribution in [1.29, 1.82) is 0 Å². The van der Waals surface area contributed by atoms with Crippen molar-refractivity contribution in [2.75, 3.05) is 14.2 Å². The highest BCUT2D eigenvalue weighted by Gasteiger charge is 2.16.